The van der Waals surface area contributed by atoms with Crippen LogP contribution in [0.2, 0.25) is 0 Å². The number of aliphatic carboxylic acids is 2. The molecule has 1 aromatic heterocycles. The third-order valence-corrected chi connectivity index (χ3v) is 4.81. The Hall–Kier alpha value is -3.75. The van der Waals surface area contributed by atoms with Gasteiger partial charge in [0.25, 0.3) is 0 Å². The smallest absolute Gasteiger partial charge is 0.326 e. The van der Waals surface area contributed by atoms with Crippen molar-refractivity contribution >= 4 is 39.9 Å². The van der Waals surface area contributed by atoms with Crippen LogP contribution in [0.3, 0.4) is 0 Å². The Balaban J connectivity index is 1.66. The summed E-state index contributed by atoms with van der Waals surface area (Å²) in [5, 5.41) is 20.0. The van der Waals surface area contributed by atoms with Crippen LogP contribution in [0.15, 0.2) is 42.5 Å². The summed E-state index contributed by atoms with van der Waals surface area (Å²) in [5.41, 5.74) is 3.54. The number of ether oxygens (including phenoxy) is 1. The third-order valence-electron chi connectivity index (χ3n) is 4.81. The van der Waals surface area contributed by atoms with Crippen LogP contribution in [0.4, 0.5) is 0 Å². The lowest BCUT2D eigenvalue weighted by Gasteiger charge is -2.13. The number of rotatable bonds is 10. The summed E-state index contributed by atoms with van der Waals surface area (Å²) in [4.78, 5) is 38.4. The van der Waals surface area contributed by atoms with E-state index in [0.29, 0.717) is 12.2 Å². The van der Waals surface area contributed by atoms with Crippen LogP contribution in [0.25, 0.3) is 22.1 Å². The molecule has 0 bridgehead atoms. The number of para-hydroxylation sites is 3. The van der Waals surface area contributed by atoms with Crippen molar-refractivity contribution in [1.82, 2.24) is 10.3 Å². The number of carboxylic acid groups (broad SMARTS) is 2. The molecule has 0 saturated heterocycles. The van der Waals surface area contributed by atoms with Gasteiger partial charge in [-0.3, -0.25) is 9.59 Å². The first-order valence-electron chi connectivity index (χ1n) is 9.98. The van der Waals surface area contributed by atoms with E-state index in [1.54, 1.807) is 0 Å². The normalized spacial score (nSPS) is 11.9. The molecule has 31 heavy (non-hydrogen) atoms. The quantitative estimate of drug-likeness (QED) is 0.256. The zero-order valence-corrected chi connectivity index (χ0v) is 17.1. The standard InChI is InChI=1S/C22H23N3O6/c1-2-25-16-8-4-3-7-14(16)24-21-17(25)9-5-10-18(21)31-12-6-11-19(26)23-15(22(29)30)13-20(27)28/h3-5,7-10,15H,2,6,11-13H2,1H3,(H2-,23,26,27,28,29,30)/p+1. The van der Waals surface area contributed by atoms with Gasteiger partial charge < -0.3 is 20.3 Å². The lowest BCUT2D eigenvalue weighted by molar-refractivity contribution is -0.641. The van der Waals surface area contributed by atoms with Crippen molar-refractivity contribution < 1.29 is 33.9 Å². The number of carbonyl (C=O) groups is 3. The van der Waals surface area contributed by atoms with Crippen LogP contribution in [0.5, 0.6) is 5.75 Å². The first-order chi connectivity index (χ1) is 14.9. The highest BCUT2D eigenvalue weighted by molar-refractivity contribution is 5.87. The van der Waals surface area contributed by atoms with E-state index in [1.807, 2.05) is 42.5 Å². The van der Waals surface area contributed by atoms with Gasteiger partial charge in [-0.15, -0.1) is 0 Å². The van der Waals surface area contributed by atoms with Gasteiger partial charge in [-0.1, -0.05) is 18.2 Å². The van der Waals surface area contributed by atoms with Crippen LogP contribution in [-0.4, -0.2) is 45.7 Å². The Bertz CT molecular complexity index is 1130. The molecule has 0 saturated carbocycles. The molecule has 3 aromatic rings. The second kappa shape index (κ2) is 9.84. The van der Waals surface area contributed by atoms with Crippen LogP contribution in [0.1, 0.15) is 26.2 Å². The summed E-state index contributed by atoms with van der Waals surface area (Å²) in [6, 6.07) is 12.1. The summed E-state index contributed by atoms with van der Waals surface area (Å²) < 4.78 is 8.03. The maximum Gasteiger partial charge on any atom is 0.326 e. The molecule has 1 atom stereocenters. The summed E-state index contributed by atoms with van der Waals surface area (Å²) >= 11 is 0. The third kappa shape index (κ3) is 5.25. The molecule has 1 heterocycles. The fraction of sp³-hybridized carbons (Fsp3) is 0.318. The van der Waals surface area contributed by atoms with E-state index in [1.165, 1.54) is 0 Å². The van der Waals surface area contributed by atoms with E-state index < -0.39 is 30.3 Å². The van der Waals surface area contributed by atoms with Gasteiger partial charge in [0.1, 0.15) is 18.1 Å². The molecule has 1 amide bonds. The topological polar surface area (TPSA) is 130 Å². The Morgan fingerprint density at radius 1 is 1.10 bits per heavy atom. The zero-order chi connectivity index (χ0) is 22.4. The minimum absolute atomic E-state index is 0.0134. The second-order valence-corrected chi connectivity index (χ2v) is 6.98. The van der Waals surface area contributed by atoms with E-state index >= 15 is 0 Å². The molecule has 1 unspecified atom stereocenters. The van der Waals surface area contributed by atoms with Crippen molar-refractivity contribution in [2.45, 2.75) is 38.8 Å². The van der Waals surface area contributed by atoms with E-state index in [2.05, 4.69) is 16.8 Å². The fourth-order valence-corrected chi connectivity index (χ4v) is 3.39. The predicted octanol–water partition coefficient (Wildman–Crippen LogP) is 1.90. The molecular weight excluding hydrogens is 402 g/mol. The van der Waals surface area contributed by atoms with Gasteiger partial charge in [0.2, 0.25) is 16.9 Å². The van der Waals surface area contributed by atoms with Crippen LogP contribution < -0.4 is 14.6 Å². The predicted molar refractivity (Wildman–Crippen MR) is 112 cm³/mol. The highest BCUT2D eigenvalue weighted by Gasteiger charge is 2.23. The average Bonchev–Trinajstić information content (AvgIpc) is 2.74. The van der Waals surface area contributed by atoms with Crippen molar-refractivity contribution in [1.29, 1.82) is 0 Å². The largest absolute Gasteiger partial charge is 0.491 e. The number of nitrogens with one attached hydrogen (secondary N) is 1. The highest BCUT2D eigenvalue weighted by Crippen LogP contribution is 2.24. The Morgan fingerprint density at radius 3 is 2.55 bits per heavy atom. The summed E-state index contributed by atoms with van der Waals surface area (Å²) in [6.45, 7) is 3.06. The molecule has 9 nitrogen and oxygen atoms in total. The molecule has 2 aromatic carbocycles. The van der Waals surface area contributed by atoms with Crippen molar-refractivity contribution in [3.63, 3.8) is 0 Å². The van der Waals surface area contributed by atoms with E-state index in [9.17, 15) is 14.4 Å². The Morgan fingerprint density at radius 2 is 1.84 bits per heavy atom. The fourth-order valence-electron chi connectivity index (χ4n) is 3.39. The van der Waals surface area contributed by atoms with Gasteiger partial charge in [-0.2, -0.15) is 4.57 Å². The maximum absolute atomic E-state index is 12.0. The van der Waals surface area contributed by atoms with Crippen LogP contribution >= 0.6 is 0 Å². The molecule has 162 valence electrons. The molecule has 0 aliphatic carbocycles. The lowest BCUT2D eigenvalue weighted by atomic mass is 10.2. The van der Waals surface area contributed by atoms with Gasteiger partial charge in [0, 0.05) is 18.6 Å². The number of fused-ring (bicyclic) bond motifs is 2. The monoisotopic (exact) mass is 426 g/mol. The number of carboxylic acids is 2. The lowest BCUT2D eigenvalue weighted by Crippen LogP contribution is -2.42. The number of nitrogens with zero attached hydrogens (tertiary/aromatic N) is 2. The van der Waals surface area contributed by atoms with Crippen LogP contribution in [0, 0.1) is 0 Å². The van der Waals surface area contributed by atoms with Gasteiger partial charge in [0.05, 0.1) is 13.0 Å². The number of aromatic nitrogens is 2. The second-order valence-electron chi connectivity index (χ2n) is 6.98. The van der Waals surface area contributed by atoms with Gasteiger partial charge >= 0.3 is 11.9 Å². The van der Waals surface area contributed by atoms with E-state index in [0.717, 1.165) is 28.6 Å². The van der Waals surface area contributed by atoms with Crippen LogP contribution in [-0.2, 0) is 20.9 Å². The molecule has 0 spiro atoms. The number of hydrogen-bond donors (Lipinski definition) is 3. The summed E-state index contributed by atoms with van der Waals surface area (Å²) in [5.74, 6) is -2.62. The van der Waals surface area contributed by atoms with E-state index in [-0.39, 0.29) is 13.0 Å². The molecule has 3 rings (SSSR count). The molecule has 0 fully saturated rings. The number of benzene rings is 2. The number of aryl methyl sites for hydroxylation is 1. The van der Waals surface area contributed by atoms with Crippen molar-refractivity contribution in [2.75, 3.05) is 6.61 Å². The molecule has 0 aliphatic rings. The minimum atomic E-state index is -1.45. The van der Waals surface area contributed by atoms with Crippen molar-refractivity contribution in [3.05, 3.63) is 42.5 Å². The minimum Gasteiger partial charge on any atom is -0.491 e. The number of carbonyl (C=O) groups excluding carboxylic acids is 1. The Kier molecular flexibility index (Phi) is 6.96. The molecular formula is C22H24N3O6+. The molecule has 0 radical (unpaired) electrons. The summed E-state index contributed by atoms with van der Waals surface area (Å²) in [6.07, 6.45) is -0.326. The average molecular weight is 426 g/mol. The molecule has 3 N–H and O–H groups in total. The van der Waals surface area contributed by atoms with Gasteiger partial charge in [-0.05, 0) is 25.5 Å². The first-order valence-corrected chi connectivity index (χ1v) is 9.98. The molecule has 9 heteroatoms. The van der Waals surface area contributed by atoms with Gasteiger partial charge in [0.15, 0.2) is 11.3 Å². The number of amides is 1. The van der Waals surface area contributed by atoms with Gasteiger partial charge in [-0.25, -0.2) is 9.78 Å². The number of hydrogen-bond acceptors (Lipinski definition) is 5. The Labute approximate surface area is 178 Å². The zero-order valence-electron chi connectivity index (χ0n) is 17.1. The summed E-state index contributed by atoms with van der Waals surface area (Å²) in [7, 11) is 0. The van der Waals surface area contributed by atoms with Crippen molar-refractivity contribution in [2.24, 2.45) is 0 Å². The highest BCUT2D eigenvalue weighted by atomic mass is 16.5. The SMILES string of the molecule is CC[n+]1c2ccccc2nc2c(OCCCC(=O)NC(CC(=O)O)C(=O)O)cccc21. The first kappa shape index (κ1) is 21.9. The maximum atomic E-state index is 12.0. The van der Waals surface area contributed by atoms with Crippen molar-refractivity contribution in [3.8, 4) is 5.75 Å². The van der Waals surface area contributed by atoms with E-state index in [4.69, 9.17) is 19.9 Å². The molecule has 0 aliphatic heterocycles.